The van der Waals surface area contributed by atoms with Gasteiger partial charge >= 0.3 is 12.1 Å². The van der Waals surface area contributed by atoms with Crippen molar-refractivity contribution in [2.24, 2.45) is 0 Å². The van der Waals surface area contributed by atoms with Gasteiger partial charge in [-0.1, -0.05) is 72.8 Å². The highest BCUT2D eigenvalue weighted by Gasteiger charge is 2.38. The fraction of sp³-hybridized carbons (Fsp3) is 0.0769. The Bertz CT molecular complexity index is 1150. The fourth-order valence-corrected chi connectivity index (χ4v) is 3.17. The predicted octanol–water partition coefficient (Wildman–Crippen LogP) is 5.70. The second-order valence-electron chi connectivity index (χ2n) is 7.19. The summed E-state index contributed by atoms with van der Waals surface area (Å²) in [6, 6.07) is 30.5. The molecule has 4 aromatic rings. The van der Waals surface area contributed by atoms with E-state index in [1.54, 1.807) is 6.07 Å². The summed E-state index contributed by atoms with van der Waals surface area (Å²) in [5.74, 6) is -2.46. The van der Waals surface area contributed by atoms with Crippen LogP contribution in [0.25, 0.3) is 22.3 Å². The molecule has 0 unspecified atom stereocenters. The van der Waals surface area contributed by atoms with E-state index in [4.69, 9.17) is 9.90 Å². The SMILES string of the molecule is O=C(O)C(F)(F)F.Oc1cccc(C[n+]2cc(-c3ccccc3)cc(-c3ccccc3)c2)c1. The molecule has 4 rings (SSSR count). The summed E-state index contributed by atoms with van der Waals surface area (Å²) >= 11 is 0. The van der Waals surface area contributed by atoms with E-state index in [1.165, 1.54) is 22.3 Å². The van der Waals surface area contributed by atoms with Crippen LogP contribution < -0.4 is 4.57 Å². The Morgan fingerprint density at radius 3 is 1.64 bits per heavy atom. The maximum Gasteiger partial charge on any atom is 0.490 e. The Hall–Kier alpha value is -4.13. The maximum atomic E-state index is 10.6. The monoisotopic (exact) mass is 452 g/mol. The molecule has 0 fully saturated rings. The Morgan fingerprint density at radius 1 is 0.727 bits per heavy atom. The van der Waals surface area contributed by atoms with Gasteiger partial charge < -0.3 is 10.2 Å². The molecule has 7 heteroatoms. The van der Waals surface area contributed by atoms with E-state index in [9.17, 15) is 18.3 Å². The van der Waals surface area contributed by atoms with Gasteiger partial charge in [0.2, 0.25) is 0 Å². The average Bonchev–Trinajstić information content (AvgIpc) is 2.80. The number of hydrogen-bond acceptors (Lipinski definition) is 2. The second-order valence-corrected chi connectivity index (χ2v) is 7.19. The van der Waals surface area contributed by atoms with Gasteiger partial charge in [-0.15, -0.1) is 0 Å². The lowest BCUT2D eigenvalue weighted by Crippen LogP contribution is -2.34. The van der Waals surface area contributed by atoms with Crippen molar-refractivity contribution < 1.29 is 32.7 Å². The number of benzene rings is 3. The van der Waals surface area contributed by atoms with Crippen LogP contribution in [0.5, 0.6) is 5.75 Å². The van der Waals surface area contributed by atoms with Gasteiger partial charge in [-0.05, 0) is 29.3 Å². The van der Waals surface area contributed by atoms with Crippen molar-refractivity contribution >= 4 is 5.97 Å². The van der Waals surface area contributed by atoms with Gasteiger partial charge in [-0.2, -0.15) is 17.7 Å². The number of halogens is 3. The first-order chi connectivity index (χ1) is 15.7. The number of nitrogens with zero attached hydrogens (tertiary/aromatic N) is 1. The van der Waals surface area contributed by atoms with E-state index >= 15 is 0 Å². The van der Waals surface area contributed by atoms with Gasteiger partial charge in [-0.25, -0.2) is 4.79 Å². The van der Waals surface area contributed by atoms with Crippen LogP contribution in [0, 0.1) is 0 Å². The summed E-state index contributed by atoms with van der Waals surface area (Å²) in [6.45, 7) is 0.703. The summed E-state index contributed by atoms with van der Waals surface area (Å²) in [4.78, 5) is 8.90. The molecule has 0 amide bonds. The molecule has 1 aromatic heterocycles. The number of carboxylic acid groups (broad SMARTS) is 1. The van der Waals surface area contributed by atoms with Crippen LogP contribution in [0.15, 0.2) is 103 Å². The number of aromatic nitrogens is 1. The van der Waals surface area contributed by atoms with Crippen molar-refractivity contribution in [3.05, 3.63) is 109 Å². The lowest BCUT2D eigenvalue weighted by Gasteiger charge is -2.07. The Labute approximate surface area is 188 Å². The standard InChI is InChI=1S/C24H19NO.C2HF3O2/c26-24-13-7-8-19(14-24)16-25-17-22(20-9-3-1-4-10-20)15-23(18-25)21-11-5-2-6-12-21;3-2(4,5)1(6)7/h1-15,17-18H,16H2;(H,6,7)/p+1. The number of pyridine rings is 1. The lowest BCUT2D eigenvalue weighted by molar-refractivity contribution is -0.687. The number of alkyl halides is 3. The van der Waals surface area contributed by atoms with Gasteiger partial charge in [0.05, 0.1) is 0 Å². The molecule has 0 saturated heterocycles. The number of carboxylic acids is 1. The highest BCUT2D eigenvalue weighted by atomic mass is 19.4. The van der Waals surface area contributed by atoms with E-state index in [0.717, 1.165) is 5.56 Å². The van der Waals surface area contributed by atoms with Crippen LogP contribution in [-0.2, 0) is 11.3 Å². The third-order valence-corrected chi connectivity index (χ3v) is 4.65. The molecular formula is C26H21F3NO3+. The van der Waals surface area contributed by atoms with E-state index in [-0.39, 0.29) is 0 Å². The zero-order valence-electron chi connectivity index (χ0n) is 17.4. The average molecular weight is 452 g/mol. The van der Waals surface area contributed by atoms with Crippen molar-refractivity contribution in [3.8, 4) is 28.0 Å². The largest absolute Gasteiger partial charge is 0.508 e. The molecule has 0 atom stereocenters. The highest BCUT2D eigenvalue weighted by Crippen LogP contribution is 2.24. The minimum Gasteiger partial charge on any atom is -0.508 e. The smallest absolute Gasteiger partial charge is 0.490 e. The minimum absolute atomic E-state index is 0.297. The molecule has 0 aliphatic carbocycles. The first-order valence-corrected chi connectivity index (χ1v) is 9.95. The van der Waals surface area contributed by atoms with E-state index in [2.05, 4.69) is 71.6 Å². The Balaban J connectivity index is 0.000000383. The van der Waals surface area contributed by atoms with Gasteiger partial charge in [0.1, 0.15) is 5.75 Å². The number of carbonyl (C=O) groups is 1. The van der Waals surface area contributed by atoms with Crippen molar-refractivity contribution in [2.45, 2.75) is 12.7 Å². The quantitative estimate of drug-likeness (QED) is 0.391. The van der Waals surface area contributed by atoms with E-state index in [1.807, 2.05) is 30.3 Å². The van der Waals surface area contributed by atoms with Crippen LogP contribution in [0.4, 0.5) is 13.2 Å². The van der Waals surface area contributed by atoms with Crippen molar-refractivity contribution in [1.82, 2.24) is 0 Å². The number of aromatic hydroxyl groups is 1. The van der Waals surface area contributed by atoms with Crippen molar-refractivity contribution in [2.75, 3.05) is 0 Å². The van der Waals surface area contributed by atoms with E-state index < -0.39 is 12.1 Å². The normalized spacial score (nSPS) is 10.8. The number of rotatable bonds is 4. The molecule has 0 aliphatic heterocycles. The molecule has 168 valence electrons. The molecule has 2 N–H and O–H groups in total. The predicted molar refractivity (Wildman–Crippen MR) is 118 cm³/mol. The molecule has 1 heterocycles. The van der Waals surface area contributed by atoms with Gasteiger partial charge in [0.25, 0.3) is 0 Å². The zero-order valence-corrected chi connectivity index (χ0v) is 17.4. The molecular weight excluding hydrogens is 431 g/mol. The highest BCUT2D eigenvalue weighted by molar-refractivity contribution is 5.73. The lowest BCUT2D eigenvalue weighted by atomic mass is 10.0. The first kappa shape index (κ1) is 23.5. The third kappa shape index (κ3) is 6.93. The Kier molecular flexibility index (Phi) is 7.46. The third-order valence-electron chi connectivity index (χ3n) is 4.65. The maximum absolute atomic E-state index is 10.6. The number of phenols is 1. The summed E-state index contributed by atoms with van der Waals surface area (Å²) in [5, 5.41) is 16.9. The van der Waals surface area contributed by atoms with Crippen LogP contribution in [-0.4, -0.2) is 22.4 Å². The fourth-order valence-electron chi connectivity index (χ4n) is 3.17. The number of phenolic OH excluding ortho intramolecular Hbond substituents is 1. The molecule has 0 saturated carbocycles. The van der Waals surface area contributed by atoms with Gasteiger partial charge in [-0.3, -0.25) is 0 Å². The van der Waals surface area contributed by atoms with Crippen LogP contribution in [0.3, 0.4) is 0 Å². The van der Waals surface area contributed by atoms with Crippen molar-refractivity contribution in [3.63, 3.8) is 0 Å². The summed E-state index contributed by atoms with van der Waals surface area (Å²) in [6.07, 6.45) is -0.766. The molecule has 3 aromatic carbocycles. The van der Waals surface area contributed by atoms with Crippen LogP contribution in [0.2, 0.25) is 0 Å². The molecule has 4 nitrogen and oxygen atoms in total. The van der Waals surface area contributed by atoms with Crippen LogP contribution >= 0.6 is 0 Å². The topological polar surface area (TPSA) is 61.4 Å². The minimum atomic E-state index is -5.08. The first-order valence-electron chi connectivity index (χ1n) is 9.95. The number of aliphatic carboxylic acids is 1. The van der Waals surface area contributed by atoms with Crippen molar-refractivity contribution in [1.29, 1.82) is 0 Å². The molecule has 33 heavy (non-hydrogen) atoms. The van der Waals surface area contributed by atoms with Crippen LogP contribution in [0.1, 0.15) is 5.56 Å². The molecule has 0 bridgehead atoms. The summed E-state index contributed by atoms with van der Waals surface area (Å²) in [7, 11) is 0. The molecule has 0 aliphatic rings. The molecule has 0 radical (unpaired) electrons. The van der Waals surface area contributed by atoms with E-state index in [0.29, 0.717) is 12.3 Å². The van der Waals surface area contributed by atoms with Gasteiger partial charge in [0.15, 0.2) is 18.9 Å². The van der Waals surface area contributed by atoms with Gasteiger partial charge in [0, 0.05) is 16.7 Å². The molecule has 0 spiro atoms. The zero-order chi connectivity index (χ0) is 23.8. The number of hydrogen-bond donors (Lipinski definition) is 2. The summed E-state index contributed by atoms with van der Waals surface area (Å²) < 4.78 is 33.9. The summed E-state index contributed by atoms with van der Waals surface area (Å²) in [5.41, 5.74) is 5.79. The Morgan fingerprint density at radius 2 is 1.21 bits per heavy atom. The second kappa shape index (κ2) is 10.5.